The molecule has 2 rings (SSSR count). The van der Waals surface area contributed by atoms with Crippen molar-refractivity contribution in [3.8, 4) is 11.5 Å². The van der Waals surface area contributed by atoms with Crippen LogP contribution in [0.3, 0.4) is 0 Å². The number of urea groups is 1. The van der Waals surface area contributed by atoms with E-state index >= 15 is 0 Å². The molecule has 0 aliphatic rings. The number of rotatable bonds is 12. The first-order chi connectivity index (χ1) is 13.7. The summed E-state index contributed by atoms with van der Waals surface area (Å²) in [4.78, 5) is 10.5. The van der Waals surface area contributed by atoms with E-state index in [4.69, 9.17) is 15.2 Å². The number of carbonyl (C=O) groups is 1. The topological polar surface area (TPSA) is 85.9 Å². The second-order valence-corrected chi connectivity index (χ2v) is 6.45. The summed E-state index contributed by atoms with van der Waals surface area (Å²) in [6.07, 6.45) is 7.75. The molecule has 6 nitrogen and oxygen atoms in total. The molecule has 28 heavy (non-hydrogen) atoms. The number of ether oxygens (including phenoxy) is 2. The van der Waals surface area contributed by atoms with Crippen molar-refractivity contribution in [2.24, 2.45) is 10.8 Å². The highest BCUT2D eigenvalue weighted by atomic mass is 16.5. The van der Waals surface area contributed by atoms with Crippen LogP contribution in [0.2, 0.25) is 0 Å². The minimum absolute atomic E-state index is 0.454. The van der Waals surface area contributed by atoms with E-state index in [0.717, 1.165) is 23.5 Å². The van der Waals surface area contributed by atoms with Crippen LogP contribution in [-0.2, 0) is 6.42 Å². The number of aryl methyl sites for hydroxylation is 1. The molecule has 0 heterocycles. The number of nitrogens with two attached hydrogens (primary N) is 1. The molecule has 0 saturated carbocycles. The fourth-order valence-electron chi connectivity index (χ4n) is 2.65. The molecule has 0 aromatic heterocycles. The molecular weight excluding hydrogens is 354 g/mol. The number of primary amides is 1. The van der Waals surface area contributed by atoms with Crippen molar-refractivity contribution >= 4 is 12.2 Å². The van der Waals surface area contributed by atoms with Crippen molar-refractivity contribution in [2.75, 3.05) is 13.2 Å². The fourth-order valence-corrected chi connectivity index (χ4v) is 2.65. The minimum atomic E-state index is -0.696. The third-order valence-corrected chi connectivity index (χ3v) is 4.13. The molecule has 0 spiro atoms. The molecule has 0 aliphatic heterocycles. The van der Waals surface area contributed by atoms with Crippen molar-refractivity contribution < 1.29 is 14.3 Å². The first kappa shape index (κ1) is 21.3. The number of unbranched alkanes of at least 4 members (excludes halogenated alkanes) is 3. The van der Waals surface area contributed by atoms with Gasteiger partial charge in [0.2, 0.25) is 0 Å². The zero-order valence-electron chi connectivity index (χ0n) is 16.4. The summed E-state index contributed by atoms with van der Waals surface area (Å²) in [5, 5.41) is 3.70. The van der Waals surface area contributed by atoms with Crippen molar-refractivity contribution in [1.29, 1.82) is 0 Å². The predicted octanol–water partition coefficient (Wildman–Crippen LogP) is 4.27. The predicted molar refractivity (Wildman–Crippen MR) is 112 cm³/mol. The lowest BCUT2D eigenvalue weighted by atomic mass is 10.1. The van der Waals surface area contributed by atoms with Gasteiger partial charge in [-0.05, 0) is 60.4 Å². The summed E-state index contributed by atoms with van der Waals surface area (Å²) >= 11 is 0. The molecule has 150 valence electrons. The number of hydrogen-bond acceptors (Lipinski definition) is 4. The zero-order valence-corrected chi connectivity index (χ0v) is 16.4. The first-order valence-electron chi connectivity index (χ1n) is 9.70. The van der Waals surface area contributed by atoms with Crippen LogP contribution in [0, 0.1) is 0 Å². The van der Waals surface area contributed by atoms with Crippen molar-refractivity contribution in [3.05, 3.63) is 59.7 Å². The monoisotopic (exact) mass is 383 g/mol. The molecular formula is C22H29N3O3. The summed E-state index contributed by atoms with van der Waals surface area (Å²) < 4.78 is 11.4. The summed E-state index contributed by atoms with van der Waals surface area (Å²) in [5.74, 6) is 1.60. The van der Waals surface area contributed by atoms with Crippen LogP contribution >= 0.6 is 0 Å². The SMILES string of the molecule is CCCCCCc1ccc(OCCOc2ccc(/C=N\NC(N)=O)cc2)cc1. The number of nitrogens with one attached hydrogen (secondary N) is 1. The number of nitrogens with zero attached hydrogens (tertiary/aromatic N) is 1. The van der Waals surface area contributed by atoms with E-state index in [9.17, 15) is 4.79 Å². The van der Waals surface area contributed by atoms with Gasteiger partial charge in [-0.25, -0.2) is 10.2 Å². The van der Waals surface area contributed by atoms with Gasteiger partial charge in [0.15, 0.2) is 0 Å². The highest BCUT2D eigenvalue weighted by Gasteiger charge is 1.98. The number of hydrogen-bond donors (Lipinski definition) is 2. The van der Waals surface area contributed by atoms with Gasteiger partial charge in [0.25, 0.3) is 0 Å². The number of hydrazone groups is 1. The zero-order chi connectivity index (χ0) is 20.0. The number of carbonyl (C=O) groups excluding carboxylic acids is 1. The summed E-state index contributed by atoms with van der Waals surface area (Å²) in [6.45, 7) is 3.16. The van der Waals surface area contributed by atoms with Crippen LogP contribution in [0.5, 0.6) is 11.5 Å². The molecule has 0 aliphatic carbocycles. The van der Waals surface area contributed by atoms with Gasteiger partial charge >= 0.3 is 6.03 Å². The Hall–Kier alpha value is -3.02. The fraction of sp³-hybridized carbons (Fsp3) is 0.364. The second kappa shape index (κ2) is 12.4. The Morgan fingerprint density at radius 2 is 1.57 bits per heavy atom. The van der Waals surface area contributed by atoms with E-state index in [2.05, 4.69) is 29.6 Å². The standard InChI is InChI=1S/C22H29N3O3/c1-2-3-4-5-6-18-7-11-20(12-8-18)27-15-16-28-21-13-9-19(10-14-21)17-24-25-22(23)26/h7-14,17H,2-6,15-16H2,1H3,(H3,23,25,26)/b24-17-. The van der Waals surface area contributed by atoms with E-state index in [0.29, 0.717) is 13.2 Å². The lowest BCUT2D eigenvalue weighted by Crippen LogP contribution is -2.24. The molecule has 0 unspecified atom stereocenters. The highest BCUT2D eigenvalue weighted by molar-refractivity contribution is 5.81. The summed E-state index contributed by atoms with van der Waals surface area (Å²) in [6, 6.07) is 14.9. The van der Waals surface area contributed by atoms with Gasteiger partial charge in [0, 0.05) is 0 Å². The lowest BCUT2D eigenvalue weighted by Gasteiger charge is -2.09. The van der Waals surface area contributed by atoms with Gasteiger partial charge in [-0.3, -0.25) is 0 Å². The van der Waals surface area contributed by atoms with Gasteiger partial charge in [-0.2, -0.15) is 5.10 Å². The van der Waals surface area contributed by atoms with Crippen LogP contribution in [0.4, 0.5) is 4.79 Å². The lowest BCUT2D eigenvalue weighted by molar-refractivity contribution is 0.217. The third kappa shape index (κ3) is 8.58. The van der Waals surface area contributed by atoms with Gasteiger partial charge in [-0.15, -0.1) is 0 Å². The Labute approximate surface area is 166 Å². The Balaban J connectivity index is 1.65. The van der Waals surface area contributed by atoms with Crippen molar-refractivity contribution in [3.63, 3.8) is 0 Å². The maximum absolute atomic E-state index is 10.5. The van der Waals surface area contributed by atoms with Crippen molar-refractivity contribution in [1.82, 2.24) is 5.43 Å². The summed E-state index contributed by atoms with van der Waals surface area (Å²) in [7, 11) is 0. The number of benzene rings is 2. The molecule has 3 N–H and O–H groups in total. The Morgan fingerprint density at radius 1 is 0.964 bits per heavy atom. The maximum Gasteiger partial charge on any atom is 0.332 e. The molecule has 2 aromatic rings. The van der Waals surface area contributed by atoms with E-state index < -0.39 is 6.03 Å². The van der Waals surface area contributed by atoms with Gasteiger partial charge in [0.1, 0.15) is 24.7 Å². The molecule has 0 saturated heterocycles. The van der Waals surface area contributed by atoms with Crippen LogP contribution in [0.15, 0.2) is 53.6 Å². The quantitative estimate of drug-likeness (QED) is 0.326. The van der Waals surface area contributed by atoms with Gasteiger partial charge in [0.05, 0.1) is 6.21 Å². The van der Waals surface area contributed by atoms with E-state index in [1.54, 1.807) is 0 Å². The average molecular weight is 383 g/mol. The van der Waals surface area contributed by atoms with Gasteiger partial charge in [-0.1, -0.05) is 38.3 Å². The van der Waals surface area contributed by atoms with E-state index in [1.807, 2.05) is 36.4 Å². The Kier molecular flexibility index (Phi) is 9.41. The molecule has 0 atom stereocenters. The summed E-state index contributed by atoms with van der Waals surface area (Å²) in [5.41, 5.74) is 9.26. The molecule has 0 bridgehead atoms. The minimum Gasteiger partial charge on any atom is -0.490 e. The smallest absolute Gasteiger partial charge is 0.332 e. The van der Waals surface area contributed by atoms with Crippen molar-refractivity contribution in [2.45, 2.75) is 39.0 Å². The van der Waals surface area contributed by atoms with E-state index in [-0.39, 0.29) is 0 Å². The highest BCUT2D eigenvalue weighted by Crippen LogP contribution is 2.15. The Bertz CT molecular complexity index is 728. The second-order valence-electron chi connectivity index (χ2n) is 6.45. The molecule has 0 radical (unpaired) electrons. The van der Waals surface area contributed by atoms with Crippen LogP contribution in [0.25, 0.3) is 0 Å². The van der Waals surface area contributed by atoms with E-state index in [1.165, 1.54) is 37.5 Å². The molecule has 6 heteroatoms. The first-order valence-corrected chi connectivity index (χ1v) is 9.70. The molecule has 2 aromatic carbocycles. The number of amides is 2. The van der Waals surface area contributed by atoms with Crippen LogP contribution in [0.1, 0.15) is 43.7 Å². The maximum atomic E-state index is 10.5. The molecule has 2 amide bonds. The van der Waals surface area contributed by atoms with Crippen LogP contribution < -0.4 is 20.6 Å². The normalized spacial score (nSPS) is 10.8. The third-order valence-electron chi connectivity index (χ3n) is 4.13. The Morgan fingerprint density at radius 3 is 2.14 bits per heavy atom. The van der Waals surface area contributed by atoms with Gasteiger partial charge < -0.3 is 15.2 Å². The largest absolute Gasteiger partial charge is 0.490 e. The molecule has 0 fully saturated rings. The van der Waals surface area contributed by atoms with Crippen LogP contribution in [-0.4, -0.2) is 25.5 Å². The average Bonchev–Trinajstić information content (AvgIpc) is 2.70.